The van der Waals surface area contributed by atoms with Gasteiger partial charge in [0.25, 0.3) is 0 Å². The molecule has 0 aliphatic rings. The van der Waals surface area contributed by atoms with E-state index < -0.39 is 0 Å². The Morgan fingerprint density at radius 2 is 1.20 bits per heavy atom. The van der Waals surface area contributed by atoms with Crippen LogP contribution < -0.4 is 10.6 Å². The van der Waals surface area contributed by atoms with E-state index in [0.717, 1.165) is 11.4 Å². The van der Waals surface area contributed by atoms with E-state index in [4.69, 9.17) is 9.47 Å². The van der Waals surface area contributed by atoms with Crippen molar-refractivity contribution in [3.05, 3.63) is 23.5 Å². The average Bonchev–Trinajstić information content (AvgIpc) is 2.35. The summed E-state index contributed by atoms with van der Waals surface area (Å²) in [7, 11) is 0. The summed E-state index contributed by atoms with van der Waals surface area (Å²) in [6.45, 7) is 9.07. The standard InChI is InChI=1S/C14H24N2O4/c1-5-19-13(17)9-11(3)15-7-8-16-12(4)10-14(18)20-6-2/h9-10,15-16H,5-8H2,1-4H3. The molecule has 6 nitrogen and oxygen atoms in total. The molecule has 0 bridgehead atoms. The number of hydrogen-bond donors (Lipinski definition) is 2. The van der Waals surface area contributed by atoms with Gasteiger partial charge in [-0.3, -0.25) is 0 Å². The molecule has 0 aliphatic heterocycles. The fraction of sp³-hybridized carbons (Fsp3) is 0.571. The molecular weight excluding hydrogens is 260 g/mol. The van der Waals surface area contributed by atoms with Gasteiger partial charge in [-0.25, -0.2) is 9.59 Å². The van der Waals surface area contributed by atoms with Crippen molar-refractivity contribution in [1.29, 1.82) is 0 Å². The van der Waals surface area contributed by atoms with Gasteiger partial charge >= 0.3 is 11.9 Å². The summed E-state index contributed by atoms with van der Waals surface area (Å²) in [4.78, 5) is 22.3. The van der Waals surface area contributed by atoms with E-state index in [2.05, 4.69) is 10.6 Å². The molecule has 20 heavy (non-hydrogen) atoms. The van der Waals surface area contributed by atoms with Crippen LogP contribution in [0.1, 0.15) is 27.7 Å². The summed E-state index contributed by atoms with van der Waals surface area (Å²) < 4.78 is 9.58. The third-order valence-electron chi connectivity index (χ3n) is 2.17. The Bertz CT molecular complexity index is 339. The second kappa shape index (κ2) is 10.9. The minimum atomic E-state index is -0.358. The summed E-state index contributed by atoms with van der Waals surface area (Å²) in [5.74, 6) is -0.715. The number of hydrogen-bond acceptors (Lipinski definition) is 6. The second-order valence-corrected chi connectivity index (χ2v) is 4.01. The van der Waals surface area contributed by atoms with Crippen LogP contribution in [0.15, 0.2) is 23.5 Å². The van der Waals surface area contributed by atoms with Gasteiger partial charge in [-0.05, 0) is 27.7 Å². The van der Waals surface area contributed by atoms with Crippen molar-refractivity contribution in [2.45, 2.75) is 27.7 Å². The van der Waals surface area contributed by atoms with Gasteiger partial charge in [0.1, 0.15) is 0 Å². The van der Waals surface area contributed by atoms with Crippen molar-refractivity contribution in [3.63, 3.8) is 0 Å². The van der Waals surface area contributed by atoms with Crippen LogP contribution in [0, 0.1) is 0 Å². The topological polar surface area (TPSA) is 76.7 Å². The Kier molecular flexibility index (Phi) is 9.82. The highest BCUT2D eigenvalue weighted by Gasteiger charge is 1.99. The molecule has 114 valence electrons. The first-order valence-corrected chi connectivity index (χ1v) is 6.67. The minimum Gasteiger partial charge on any atom is -0.463 e. The zero-order valence-electron chi connectivity index (χ0n) is 12.6. The van der Waals surface area contributed by atoms with Crippen molar-refractivity contribution < 1.29 is 19.1 Å². The first-order chi connectivity index (χ1) is 9.49. The van der Waals surface area contributed by atoms with E-state index in [9.17, 15) is 9.59 Å². The van der Waals surface area contributed by atoms with Gasteiger partial charge in [-0.1, -0.05) is 0 Å². The zero-order valence-corrected chi connectivity index (χ0v) is 12.6. The lowest BCUT2D eigenvalue weighted by molar-refractivity contribution is -0.138. The quantitative estimate of drug-likeness (QED) is 0.375. The first kappa shape index (κ1) is 18.0. The fourth-order valence-electron chi connectivity index (χ4n) is 1.34. The highest BCUT2D eigenvalue weighted by molar-refractivity contribution is 5.82. The molecule has 0 fully saturated rings. The van der Waals surface area contributed by atoms with Crippen LogP contribution in [-0.4, -0.2) is 38.2 Å². The Morgan fingerprint density at radius 3 is 1.50 bits per heavy atom. The van der Waals surface area contributed by atoms with Gasteiger partial charge < -0.3 is 20.1 Å². The number of allylic oxidation sites excluding steroid dienone is 2. The molecular formula is C14H24N2O4. The van der Waals surface area contributed by atoms with Gasteiger partial charge in [-0.15, -0.1) is 0 Å². The molecule has 0 aliphatic carbocycles. The van der Waals surface area contributed by atoms with Crippen LogP contribution in [0.4, 0.5) is 0 Å². The SMILES string of the molecule is CCOC(=O)C=C(C)NCCNC(C)=CC(=O)OCC. The van der Waals surface area contributed by atoms with E-state index in [1.54, 1.807) is 27.7 Å². The summed E-state index contributed by atoms with van der Waals surface area (Å²) >= 11 is 0. The number of nitrogens with one attached hydrogen (secondary N) is 2. The van der Waals surface area contributed by atoms with Crippen LogP contribution in [0.5, 0.6) is 0 Å². The summed E-state index contributed by atoms with van der Waals surface area (Å²) in [5, 5.41) is 6.12. The molecule has 0 atom stereocenters. The van der Waals surface area contributed by atoms with Gasteiger partial charge in [0.05, 0.1) is 13.2 Å². The Balaban J connectivity index is 3.91. The number of carbonyl (C=O) groups is 2. The van der Waals surface area contributed by atoms with Crippen LogP contribution in [0.2, 0.25) is 0 Å². The summed E-state index contributed by atoms with van der Waals surface area (Å²) in [6.07, 6.45) is 2.82. The third kappa shape index (κ3) is 9.99. The monoisotopic (exact) mass is 284 g/mol. The highest BCUT2D eigenvalue weighted by atomic mass is 16.5. The zero-order chi connectivity index (χ0) is 15.4. The van der Waals surface area contributed by atoms with Crippen LogP contribution in [0.3, 0.4) is 0 Å². The van der Waals surface area contributed by atoms with Crippen LogP contribution in [0.25, 0.3) is 0 Å². The number of rotatable bonds is 9. The largest absolute Gasteiger partial charge is 0.463 e. The van der Waals surface area contributed by atoms with Crippen molar-refractivity contribution in [1.82, 2.24) is 10.6 Å². The Hall–Kier alpha value is -1.98. The maximum Gasteiger partial charge on any atom is 0.332 e. The predicted octanol–water partition coefficient (Wildman–Crippen LogP) is 1.10. The van der Waals surface area contributed by atoms with Crippen molar-refractivity contribution in [2.75, 3.05) is 26.3 Å². The lowest BCUT2D eigenvalue weighted by Gasteiger charge is -2.09. The summed E-state index contributed by atoms with van der Waals surface area (Å²) in [5.41, 5.74) is 1.47. The van der Waals surface area contributed by atoms with Gasteiger partial charge in [-0.2, -0.15) is 0 Å². The molecule has 0 heterocycles. The lowest BCUT2D eigenvalue weighted by Crippen LogP contribution is -2.26. The van der Waals surface area contributed by atoms with Gasteiger partial charge in [0.2, 0.25) is 0 Å². The Morgan fingerprint density at radius 1 is 0.850 bits per heavy atom. The molecule has 0 radical (unpaired) electrons. The molecule has 0 aromatic carbocycles. The van der Waals surface area contributed by atoms with E-state index in [-0.39, 0.29) is 11.9 Å². The van der Waals surface area contributed by atoms with E-state index in [1.807, 2.05) is 0 Å². The molecule has 0 saturated carbocycles. The van der Waals surface area contributed by atoms with Gasteiger partial charge in [0.15, 0.2) is 0 Å². The first-order valence-electron chi connectivity index (χ1n) is 6.67. The normalized spacial score (nSPS) is 11.8. The summed E-state index contributed by atoms with van der Waals surface area (Å²) in [6, 6.07) is 0. The van der Waals surface area contributed by atoms with Gasteiger partial charge in [0, 0.05) is 36.6 Å². The fourth-order valence-corrected chi connectivity index (χ4v) is 1.34. The van der Waals surface area contributed by atoms with E-state index >= 15 is 0 Å². The number of carbonyl (C=O) groups excluding carboxylic acids is 2. The van der Waals surface area contributed by atoms with Crippen LogP contribution in [-0.2, 0) is 19.1 Å². The molecule has 0 saturated heterocycles. The number of esters is 2. The molecule has 2 N–H and O–H groups in total. The van der Waals surface area contributed by atoms with Crippen LogP contribution >= 0.6 is 0 Å². The van der Waals surface area contributed by atoms with Crippen molar-refractivity contribution >= 4 is 11.9 Å². The molecule has 0 rings (SSSR count). The predicted molar refractivity (Wildman–Crippen MR) is 76.8 cm³/mol. The molecule has 6 heteroatoms. The lowest BCUT2D eigenvalue weighted by atomic mass is 10.4. The van der Waals surface area contributed by atoms with E-state index in [1.165, 1.54) is 12.2 Å². The molecule has 0 spiro atoms. The van der Waals surface area contributed by atoms with Crippen molar-refractivity contribution in [3.8, 4) is 0 Å². The molecule has 0 amide bonds. The number of ether oxygens (including phenoxy) is 2. The average molecular weight is 284 g/mol. The smallest absolute Gasteiger partial charge is 0.332 e. The second-order valence-electron chi connectivity index (χ2n) is 4.01. The minimum absolute atomic E-state index is 0.358. The molecule has 0 aromatic heterocycles. The molecule has 0 unspecified atom stereocenters. The maximum absolute atomic E-state index is 11.2. The van der Waals surface area contributed by atoms with Crippen molar-refractivity contribution in [2.24, 2.45) is 0 Å². The third-order valence-corrected chi connectivity index (χ3v) is 2.17. The van der Waals surface area contributed by atoms with E-state index in [0.29, 0.717) is 26.3 Å². The maximum atomic E-state index is 11.2. The molecule has 0 aromatic rings. The Labute approximate surface area is 120 Å². The highest BCUT2D eigenvalue weighted by Crippen LogP contribution is 1.91.